The van der Waals surface area contributed by atoms with Crippen LogP contribution >= 0.6 is 0 Å². The van der Waals surface area contributed by atoms with Crippen molar-refractivity contribution in [1.29, 1.82) is 0 Å². The third-order valence-electron chi connectivity index (χ3n) is 5.01. The van der Waals surface area contributed by atoms with Gasteiger partial charge in [0.25, 0.3) is 5.91 Å². The van der Waals surface area contributed by atoms with E-state index in [1.54, 1.807) is 4.90 Å². The predicted octanol–water partition coefficient (Wildman–Crippen LogP) is 3.26. The molecule has 0 bridgehead atoms. The Hall–Kier alpha value is -1.56. The van der Waals surface area contributed by atoms with Crippen molar-refractivity contribution in [2.75, 3.05) is 33.2 Å². The van der Waals surface area contributed by atoms with Crippen molar-refractivity contribution in [3.8, 4) is 0 Å². The van der Waals surface area contributed by atoms with Gasteiger partial charge in [-0.2, -0.15) is 13.2 Å². The second-order valence-corrected chi connectivity index (χ2v) is 6.90. The zero-order valence-electron chi connectivity index (χ0n) is 13.2. The molecular weight excluding hydrogens is 305 g/mol. The number of hydrogen-bond donors (Lipinski definition) is 0. The van der Waals surface area contributed by atoms with Gasteiger partial charge in [-0.1, -0.05) is 6.07 Å². The monoisotopic (exact) mass is 326 g/mol. The molecule has 6 heteroatoms. The smallest absolute Gasteiger partial charge is 0.338 e. The van der Waals surface area contributed by atoms with Gasteiger partial charge in [0.05, 0.1) is 5.56 Å². The van der Waals surface area contributed by atoms with Crippen LogP contribution in [-0.4, -0.2) is 48.9 Å². The van der Waals surface area contributed by atoms with Gasteiger partial charge in [-0.3, -0.25) is 4.79 Å². The highest BCUT2D eigenvalue weighted by atomic mass is 19.4. The van der Waals surface area contributed by atoms with Crippen molar-refractivity contribution < 1.29 is 18.0 Å². The maximum Gasteiger partial charge on any atom is 0.416 e. The maximum atomic E-state index is 12.8. The number of carbonyl (C=O) groups is 1. The Bertz CT molecular complexity index is 602. The van der Waals surface area contributed by atoms with Gasteiger partial charge in [0, 0.05) is 30.6 Å². The lowest BCUT2D eigenvalue weighted by Gasteiger charge is -2.38. The molecule has 0 radical (unpaired) electrons. The van der Waals surface area contributed by atoms with E-state index >= 15 is 0 Å². The number of amides is 1. The molecule has 3 nitrogen and oxygen atoms in total. The lowest BCUT2D eigenvalue weighted by atomic mass is 9.79. The van der Waals surface area contributed by atoms with Crippen LogP contribution in [0.4, 0.5) is 13.2 Å². The Morgan fingerprint density at radius 3 is 2.65 bits per heavy atom. The lowest BCUT2D eigenvalue weighted by molar-refractivity contribution is -0.137. The molecule has 1 atom stereocenters. The summed E-state index contributed by atoms with van der Waals surface area (Å²) in [7, 11) is 2.08. The molecule has 1 spiro atoms. The highest BCUT2D eigenvalue weighted by molar-refractivity contribution is 5.94. The largest absolute Gasteiger partial charge is 0.416 e. The number of piperidine rings is 1. The zero-order chi connectivity index (χ0) is 16.7. The maximum absolute atomic E-state index is 12.8. The highest BCUT2D eigenvalue weighted by Gasteiger charge is 2.42. The highest BCUT2D eigenvalue weighted by Crippen LogP contribution is 2.39. The van der Waals surface area contributed by atoms with Gasteiger partial charge in [-0.15, -0.1) is 0 Å². The second kappa shape index (κ2) is 5.82. The Morgan fingerprint density at radius 1 is 1.17 bits per heavy atom. The molecule has 0 saturated carbocycles. The number of nitrogens with zero attached hydrogens (tertiary/aromatic N) is 2. The van der Waals surface area contributed by atoms with Gasteiger partial charge in [0.1, 0.15) is 0 Å². The average molecular weight is 326 g/mol. The summed E-state index contributed by atoms with van der Waals surface area (Å²) in [6.45, 7) is 3.30. The molecule has 2 aliphatic rings. The van der Waals surface area contributed by atoms with E-state index in [2.05, 4.69) is 11.9 Å². The van der Waals surface area contributed by atoms with Crippen LogP contribution in [0.5, 0.6) is 0 Å². The van der Waals surface area contributed by atoms with Crippen LogP contribution in [-0.2, 0) is 6.18 Å². The first-order chi connectivity index (χ1) is 10.8. The van der Waals surface area contributed by atoms with Gasteiger partial charge in [0.2, 0.25) is 0 Å². The summed E-state index contributed by atoms with van der Waals surface area (Å²) >= 11 is 0. The molecule has 0 aromatic heterocycles. The van der Waals surface area contributed by atoms with Gasteiger partial charge in [-0.25, -0.2) is 0 Å². The van der Waals surface area contributed by atoms with E-state index in [0.29, 0.717) is 13.1 Å². The van der Waals surface area contributed by atoms with Gasteiger partial charge >= 0.3 is 6.18 Å². The summed E-state index contributed by atoms with van der Waals surface area (Å²) < 4.78 is 38.4. The molecule has 2 aliphatic heterocycles. The summed E-state index contributed by atoms with van der Waals surface area (Å²) in [6.07, 6.45) is -1.29. The SMILES string of the molecule is CN1CCC[C@@]2(CCN(C(=O)c3cccc(C(F)(F)F)c3)C2)C1. The molecule has 126 valence electrons. The number of hydrogen-bond acceptors (Lipinski definition) is 2. The third kappa shape index (κ3) is 3.37. The van der Waals surface area contributed by atoms with Gasteiger partial charge in [-0.05, 0) is 51.1 Å². The number of halogens is 3. The first kappa shape index (κ1) is 16.3. The van der Waals surface area contributed by atoms with Gasteiger partial charge < -0.3 is 9.80 Å². The summed E-state index contributed by atoms with van der Waals surface area (Å²) in [5, 5.41) is 0. The molecule has 1 amide bonds. The topological polar surface area (TPSA) is 23.6 Å². The van der Waals surface area contributed by atoms with Crippen LogP contribution in [0.15, 0.2) is 24.3 Å². The van der Waals surface area contributed by atoms with Gasteiger partial charge in [0.15, 0.2) is 0 Å². The van der Waals surface area contributed by atoms with E-state index in [4.69, 9.17) is 0 Å². The van der Waals surface area contributed by atoms with Crippen LogP contribution in [0, 0.1) is 5.41 Å². The van der Waals surface area contributed by atoms with E-state index in [-0.39, 0.29) is 16.9 Å². The van der Waals surface area contributed by atoms with E-state index in [0.717, 1.165) is 44.5 Å². The van der Waals surface area contributed by atoms with Crippen molar-refractivity contribution in [1.82, 2.24) is 9.80 Å². The van der Waals surface area contributed by atoms with E-state index in [1.165, 1.54) is 12.1 Å². The van der Waals surface area contributed by atoms with E-state index < -0.39 is 11.7 Å². The van der Waals surface area contributed by atoms with Crippen LogP contribution < -0.4 is 0 Å². The Morgan fingerprint density at radius 2 is 1.96 bits per heavy atom. The third-order valence-corrected chi connectivity index (χ3v) is 5.01. The number of benzene rings is 1. The molecule has 2 heterocycles. The number of alkyl halides is 3. The molecule has 1 aromatic rings. The minimum absolute atomic E-state index is 0.115. The molecule has 2 saturated heterocycles. The first-order valence-electron chi connectivity index (χ1n) is 7.94. The number of rotatable bonds is 1. The number of carbonyl (C=O) groups excluding carboxylic acids is 1. The van der Waals surface area contributed by atoms with Crippen molar-refractivity contribution >= 4 is 5.91 Å². The Kier molecular flexibility index (Phi) is 4.12. The normalized spacial score (nSPS) is 26.0. The quantitative estimate of drug-likeness (QED) is 0.791. The fraction of sp³-hybridized carbons (Fsp3) is 0.588. The van der Waals surface area contributed by atoms with Crippen molar-refractivity contribution in [3.05, 3.63) is 35.4 Å². The molecule has 0 aliphatic carbocycles. The Balaban J connectivity index is 1.75. The summed E-state index contributed by atoms with van der Waals surface area (Å²) in [6, 6.07) is 4.73. The molecule has 23 heavy (non-hydrogen) atoms. The number of likely N-dealkylation sites (tertiary alicyclic amines) is 2. The molecule has 0 N–H and O–H groups in total. The second-order valence-electron chi connectivity index (χ2n) is 6.90. The molecule has 2 fully saturated rings. The summed E-state index contributed by atoms with van der Waals surface area (Å²) in [5.41, 5.74) is -0.527. The van der Waals surface area contributed by atoms with Crippen LogP contribution in [0.1, 0.15) is 35.2 Å². The average Bonchev–Trinajstić information content (AvgIpc) is 2.89. The minimum Gasteiger partial charge on any atom is -0.338 e. The van der Waals surface area contributed by atoms with Crippen molar-refractivity contribution in [3.63, 3.8) is 0 Å². The molecule has 1 aromatic carbocycles. The summed E-state index contributed by atoms with van der Waals surface area (Å²) in [4.78, 5) is 16.6. The predicted molar refractivity (Wildman–Crippen MR) is 81.1 cm³/mol. The molecular formula is C17H21F3N2O. The lowest BCUT2D eigenvalue weighted by Crippen LogP contribution is -2.43. The van der Waals surface area contributed by atoms with Crippen LogP contribution in [0.25, 0.3) is 0 Å². The fourth-order valence-electron chi connectivity index (χ4n) is 3.91. The van der Waals surface area contributed by atoms with E-state index in [9.17, 15) is 18.0 Å². The fourth-order valence-corrected chi connectivity index (χ4v) is 3.91. The first-order valence-corrected chi connectivity index (χ1v) is 7.94. The molecule has 0 unspecified atom stereocenters. The van der Waals surface area contributed by atoms with Crippen LogP contribution in [0.3, 0.4) is 0 Å². The van der Waals surface area contributed by atoms with Crippen molar-refractivity contribution in [2.24, 2.45) is 5.41 Å². The zero-order valence-corrected chi connectivity index (χ0v) is 13.2. The molecule has 3 rings (SSSR count). The van der Waals surface area contributed by atoms with Crippen LogP contribution in [0.2, 0.25) is 0 Å². The summed E-state index contributed by atoms with van der Waals surface area (Å²) in [5.74, 6) is -0.291. The minimum atomic E-state index is -4.42. The van der Waals surface area contributed by atoms with Crippen molar-refractivity contribution in [2.45, 2.75) is 25.4 Å². The Labute approximate surface area is 134 Å². The standard InChI is InChI=1S/C17H21F3N2O/c1-21-8-3-6-16(11-21)7-9-22(12-16)15(23)13-4-2-5-14(10-13)17(18,19)20/h2,4-5,10H,3,6-9,11-12H2,1H3/t16-/m1/s1. The van der Waals surface area contributed by atoms with E-state index in [1.807, 2.05) is 0 Å².